The third-order valence-corrected chi connectivity index (χ3v) is 4.70. The van der Waals surface area contributed by atoms with Crippen molar-refractivity contribution >= 4 is 15.7 Å². The Morgan fingerprint density at radius 1 is 1.50 bits per heavy atom. The van der Waals surface area contributed by atoms with Crippen LogP contribution in [0.15, 0.2) is 23.4 Å². The van der Waals surface area contributed by atoms with Crippen LogP contribution in [0.1, 0.15) is 19.3 Å². The van der Waals surface area contributed by atoms with Crippen LogP contribution in [0.2, 0.25) is 0 Å². The van der Waals surface area contributed by atoms with Gasteiger partial charge < -0.3 is 10.5 Å². The average molecular weight is 271 g/mol. The molecule has 2 unspecified atom stereocenters. The van der Waals surface area contributed by atoms with Crippen LogP contribution in [-0.2, 0) is 14.8 Å². The van der Waals surface area contributed by atoms with Crippen LogP contribution in [0.3, 0.4) is 0 Å². The second-order valence-corrected chi connectivity index (χ2v) is 6.03. The first kappa shape index (κ1) is 13.3. The minimum atomic E-state index is -3.63. The predicted molar refractivity (Wildman–Crippen MR) is 67.4 cm³/mol. The summed E-state index contributed by atoms with van der Waals surface area (Å²) < 4.78 is 32.3. The van der Waals surface area contributed by atoms with E-state index < -0.39 is 10.0 Å². The first-order valence-electron chi connectivity index (χ1n) is 5.79. The number of anilines is 1. The SMILES string of the molecule is COC1CCCC1NS(=O)(=O)c1cnccc1N. The van der Waals surface area contributed by atoms with E-state index >= 15 is 0 Å². The lowest BCUT2D eigenvalue weighted by atomic mass is 10.2. The maximum atomic E-state index is 12.2. The molecule has 0 saturated heterocycles. The van der Waals surface area contributed by atoms with E-state index in [1.807, 2.05) is 0 Å². The van der Waals surface area contributed by atoms with Gasteiger partial charge in [-0.05, 0) is 25.3 Å². The molecule has 1 saturated carbocycles. The Kier molecular flexibility index (Phi) is 3.84. The van der Waals surface area contributed by atoms with Gasteiger partial charge >= 0.3 is 0 Å². The maximum Gasteiger partial charge on any atom is 0.244 e. The van der Waals surface area contributed by atoms with Crippen molar-refractivity contribution < 1.29 is 13.2 Å². The smallest absolute Gasteiger partial charge is 0.244 e. The molecule has 0 bridgehead atoms. The van der Waals surface area contributed by atoms with Gasteiger partial charge in [-0.2, -0.15) is 0 Å². The summed E-state index contributed by atoms with van der Waals surface area (Å²) in [5.41, 5.74) is 5.86. The van der Waals surface area contributed by atoms with Gasteiger partial charge in [0, 0.05) is 25.5 Å². The molecular weight excluding hydrogens is 254 g/mol. The summed E-state index contributed by atoms with van der Waals surface area (Å²) in [5.74, 6) is 0. The number of nitrogens with zero attached hydrogens (tertiary/aromatic N) is 1. The highest BCUT2D eigenvalue weighted by Gasteiger charge is 2.31. The number of rotatable bonds is 4. The van der Waals surface area contributed by atoms with Crippen molar-refractivity contribution in [1.82, 2.24) is 9.71 Å². The normalized spacial score (nSPS) is 24.3. The van der Waals surface area contributed by atoms with E-state index in [-0.39, 0.29) is 22.7 Å². The van der Waals surface area contributed by atoms with Crippen LogP contribution in [0, 0.1) is 0 Å². The Morgan fingerprint density at radius 3 is 2.94 bits per heavy atom. The fraction of sp³-hybridized carbons (Fsp3) is 0.545. The molecule has 0 aromatic carbocycles. The van der Waals surface area contributed by atoms with Crippen molar-refractivity contribution in [2.24, 2.45) is 0 Å². The summed E-state index contributed by atoms with van der Waals surface area (Å²) in [4.78, 5) is 3.82. The van der Waals surface area contributed by atoms with E-state index in [1.54, 1.807) is 7.11 Å². The molecule has 1 heterocycles. The van der Waals surface area contributed by atoms with Crippen LogP contribution in [0.5, 0.6) is 0 Å². The monoisotopic (exact) mass is 271 g/mol. The van der Waals surface area contributed by atoms with Crippen molar-refractivity contribution in [2.75, 3.05) is 12.8 Å². The summed E-state index contributed by atoms with van der Waals surface area (Å²) in [6.07, 6.45) is 5.24. The zero-order valence-electron chi connectivity index (χ0n) is 10.2. The van der Waals surface area contributed by atoms with Gasteiger partial charge in [0.25, 0.3) is 0 Å². The number of nitrogens with two attached hydrogens (primary N) is 1. The van der Waals surface area contributed by atoms with Crippen LogP contribution in [0.25, 0.3) is 0 Å². The molecule has 0 radical (unpaired) electrons. The molecule has 6 nitrogen and oxygen atoms in total. The summed E-state index contributed by atoms with van der Waals surface area (Å²) in [6, 6.07) is 1.27. The van der Waals surface area contributed by atoms with Gasteiger partial charge in [-0.15, -0.1) is 0 Å². The van der Waals surface area contributed by atoms with Crippen molar-refractivity contribution in [3.8, 4) is 0 Å². The van der Waals surface area contributed by atoms with E-state index in [2.05, 4.69) is 9.71 Å². The van der Waals surface area contributed by atoms with Crippen molar-refractivity contribution in [3.05, 3.63) is 18.5 Å². The zero-order valence-corrected chi connectivity index (χ0v) is 11.0. The lowest BCUT2D eigenvalue weighted by Gasteiger charge is -2.19. The number of hydrogen-bond acceptors (Lipinski definition) is 5. The lowest BCUT2D eigenvalue weighted by molar-refractivity contribution is 0.0916. The highest BCUT2D eigenvalue weighted by Crippen LogP contribution is 2.24. The molecule has 0 aliphatic heterocycles. The zero-order chi connectivity index (χ0) is 13.2. The average Bonchev–Trinajstić information content (AvgIpc) is 2.76. The fourth-order valence-electron chi connectivity index (χ4n) is 2.22. The minimum Gasteiger partial charge on any atom is -0.398 e. The number of aromatic nitrogens is 1. The van der Waals surface area contributed by atoms with Gasteiger partial charge in [-0.25, -0.2) is 13.1 Å². The van der Waals surface area contributed by atoms with Gasteiger partial charge in [0.1, 0.15) is 4.90 Å². The van der Waals surface area contributed by atoms with E-state index in [0.29, 0.717) is 0 Å². The molecule has 2 atom stereocenters. The van der Waals surface area contributed by atoms with Crippen LogP contribution in [0.4, 0.5) is 5.69 Å². The summed E-state index contributed by atoms with van der Waals surface area (Å²) in [5, 5.41) is 0. The molecule has 1 aromatic rings. The van der Waals surface area contributed by atoms with E-state index in [9.17, 15) is 8.42 Å². The van der Waals surface area contributed by atoms with Crippen LogP contribution in [-0.4, -0.2) is 32.7 Å². The Labute approximate surface area is 107 Å². The molecule has 3 N–H and O–H groups in total. The number of nitrogen functional groups attached to an aromatic ring is 1. The lowest BCUT2D eigenvalue weighted by Crippen LogP contribution is -2.40. The van der Waals surface area contributed by atoms with Crippen molar-refractivity contribution in [2.45, 2.75) is 36.3 Å². The molecule has 1 aliphatic carbocycles. The highest BCUT2D eigenvalue weighted by atomic mass is 32.2. The van der Waals surface area contributed by atoms with Gasteiger partial charge in [-0.1, -0.05) is 0 Å². The second-order valence-electron chi connectivity index (χ2n) is 4.35. The van der Waals surface area contributed by atoms with Gasteiger partial charge in [-0.3, -0.25) is 4.98 Å². The van der Waals surface area contributed by atoms with Crippen molar-refractivity contribution in [1.29, 1.82) is 0 Å². The first-order valence-corrected chi connectivity index (χ1v) is 7.27. The standard InChI is InChI=1S/C11H17N3O3S/c1-17-10-4-2-3-9(10)14-18(15,16)11-7-13-6-5-8(11)12/h5-7,9-10,14H,2-4H2,1H3,(H2,12,13). The molecule has 7 heteroatoms. The maximum absolute atomic E-state index is 12.2. The summed E-state index contributed by atoms with van der Waals surface area (Å²) in [6.45, 7) is 0. The van der Waals surface area contributed by atoms with E-state index in [1.165, 1.54) is 18.5 Å². The fourth-order valence-corrected chi connectivity index (χ4v) is 3.59. The largest absolute Gasteiger partial charge is 0.398 e. The molecule has 1 fully saturated rings. The van der Waals surface area contributed by atoms with Gasteiger partial charge in [0.2, 0.25) is 10.0 Å². The Morgan fingerprint density at radius 2 is 2.28 bits per heavy atom. The third kappa shape index (κ3) is 2.63. The van der Waals surface area contributed by atoms with E-state index in [4.69, 9.17) is 10.5 Å². The Bertz CT molecular complexity index is 518. The number of pyridine rings is 1. The first-order chi connectivity index (χ1) is 8.54. The van der Waals surface area contributed by atoms with Gasteiger partial charge in [0.15, 0.2) is 0 Å². The summed E-state index contributed by atoms with van der Waals surface area (Å²) in [7, 11) is -2.04. The summed E-state index contributed by atoms with van der Waals surface area (Å²) >= 11 is 0. The van der Waals surface area contributed by atoms with Crippen LogP contribution < -0.4 is 10.5 Å². The molecule has 0 spiro atoms. The number of sulfonamides is 1. The quantitative estimate of drug-likeness (QED) is 0.832. The number of hydrogen-bond donors (Lipinski definition) is 2. The third-order valence-electron chi connectivity index (χ3n) is 3.17. The molecule has 18 heavy (non-hydrogen) atoms. The minimum absolute atomic E-state index is 0.0201. The molecule has 1 aliphatic rings. The van der Waals surface area contributed by atoms with Crippen LogP contribution >= 0.6 is 0 Å². The van der Waals surface area contributed by atoms with Gasteiger partial charge in [0.05, 0.1) is 11.8 Å². The van der Waals surface area contributed by atoms with Crippen molar-refractivity contribution in [3.63, 3.8) is 0 Å². The molecule has 2 rings (SSSR count). The molecule has 1 aromatic heterocycles. The molecule has 100 valence electrons. The number of nitrogens with one attached hydrogen (secondary N) is 1. The molecular formula is C11H17N3O3S. The Balaban J connectivity index is 2.20. The second kappa shape index (κ2) is 5.21. The predicted octanol–water partition coefficient (Wildman–Crippen LogP) is 0.510. The number of methoxy groups -OCH3 is 1. The highest BCUT2D eigenvalue weighted by molar-refractivity contribution is 7.89. The topological polar surface area (TPSA) is 94.3 Å². The Hall–Kier alpha value is -1.18. The number of ether oxygens (including phenoxy) is 1. The van der Waals surface area contributed by atoms with E-state index in [0.717, 1.165) is 19.3 Å². The molecule has 0 amide bonds.